The van der Waals surface area contributed by atoms with Crippen LogP contribution in [0.1, 0.15) is 51.4 Å². The van der Waals surface area contributed by atoms with Gasteiger partial charge in [0, 0.05) is 42.8 Å². The molecule has 2 amide bonds. The number of amides is 2. The molecule has 28 heavy (non-hydrogen) atoms. The number of urea groups is 1. The first-order valence-electron chi connectivity index (χ1n) is 10.2. The zero-order valence-electron chi connectivity index (χ0n) is 16.3. The minimum absolute atomic E-state index is 0.0258. The molecule has 2 heterocycles. The number of fused-ring (bicyclic) bond motifs is 1. The Morgan fingerprint density at radius 1 is 1.00 bits per heavy atom. The van der Waals surface area contributed by atoms with Crippen molar-refractivity contribution in [1.82, 2.24) is 25.2 Å². The summed E-state index contributed by atoms with van der Waals surface area (Å²) in [6.45, 7) is 0. The lowest BCUT2D eigenvalue weighted by atomic mass is 9.91. The van der Waals surface area contributed by atoms with Crippen molar-refractivity contribution in [3.05, 3.63) is 28.7 Å². The molecule has 2 fully saturated rings. The summed E-state index contributed by atoms with van der Waals surface area (Å²) in [5.74, 6) is 0.545. The number of carbonyl (C=O) groups excluding carboxylic acids is 1. The summed E-state index contributed by atoms with van der Waals surface area (Å²) in [6, 6.07) is 4.08. The first kappa shape index (κ1) is 18.7. The van der Waals surface area contributed by atoms with Crippen LogP contribution in [0.15, 0.2) is 23.1 Å². The number of aryl methyl sites for hydroxylation is 1. The van der Waals surface area contributed by atoms with Gasteiger partial charge in [-0.3, -0.25) is 9.36 Å². The van der Waals surface area contributed by atoms with E-state index in [1.165, 1.54) is 23.5 Å². The highest BCUT2D eigenvalue weighted by Gasteiger charge is 2.24. The standard InChI is InChI=1S/C20H28N6O2/c1-26-17(27)11-6-13-12-21-19(25-18(13)26)22-15-7-9-16(10-8-15)24-20(28)23-14-4-2-3-5-14/h6,11-12,14-16H,2-5,7-10H2,1H3,(H,21,22,25)(H2,23,24,28)/t15-,16-. The van der Waals surface area contributed by atoms with Crippen molar-refractivity contribution >= 4 is 23.0 Å². The van der Waals surface area contributed by atoms with E-state index in [4.69, 9.17) is 0 Å². The molecule has 0 aliphatic heterocycles. The van der Waals surface area contributed by atoms with Gasteiger partial charge in [0.2, 0.25) is 5.95 Å². The van der Waals surface area contributed by atoms with Gasteiger partial charge < -0.3 is 16.0 Å². The van der Waals surface area contributed by atoms with Gasteiger partial charge in [0.05, 0.1) is 0 Å². The molecule has 2 aliphatic rings. The lowest BCUT2D eigenvalue weighted by molar-refractivity contribution is 0.228. The predicted octanol–water partition coefficient (Wildman–Crippen LogP) is 2.29. The van der Waals surface area contributed by atoms with E-state index in [1.807, 2.05) is 0 Å². The summed E-state index contributed by atoms with van der Waals surface area (Å²) < 4.78 is 1.53. The van der Waals surface area contributed by atoms with E-state index in [2.05, 4.69) is 25.9 Å². The van der Waals surface area contributed by atoms with Gasteiger partial charge in [-0.25, -0.2) is 9.78 Å². The summed E-state index contributed by atoms with van der Waals surface area (Å²) in [5, 5.41) is 10.4. The summed E-state index contributed by atoms with van der Waals surface area (Å²) in [7, 11) is 1.72. The normalized spacial score (nSPS) is 22.9. The fourth-order valence-corrected chi connectivity index (χ4v) is 4.26. The topological polar surface area (TPSA) is 101 Å². The Labute approximate surface area is 164 Å². The first-order chi connectivity index (χ1) is 13.6. The molecule has 3 N–H and O–H groups in total. The quantitative estimate of drug-likeness (QED) is 0.751. The minimum atomic E-state index is -0.0837. The molecule has 8 nitrogen and oxygen atoms in total. The summed E-state index contributed by atoms with van der Waals surface area (Å²) in [4.78, 5) is 32.8. The van der Waals surface area contributed by atoms with Crippen LogP contribution in [0.4, 0.5) is 10.7 Å². The van der Waals surface area contributed by atoms with Crippen molar-refractivity contribution in [2.45, 2.75) is 69.5 Å². The molecule has 0 bridgehead atoms. The van der Waals surface area contributed by atoms with E-state index in [-0.39, 0.29) is 23.7 Å². The Morgan fingerprint density at radius 2 is 1.64 bits per heavy atom. The molecular formula is C20H28N6O2. The lowest BCUT2D eigenvalue weighted by Crippen LogP contribution is -2.47. The van der Waals surface area contributed by atoms with Crippen LogP contribution in [-0.4, -0.2) is 38.7 Å². The molecule has 0 saturated heterocycles. The lowest BCUT2D eigenvalue weighted by Gasteiger charge is -2.30. The number of hydrogen-bond acceptors (Lipinski definition) is 5. The van der Waals surface area contributed by atoms with Crippen LogP contribution in [0.25, 0.3) is 11.0 Å². The largest absolute Gasteiger partial charge is 0.351 e. The molecule has 0 atom stereocenters. The fourth-order valence-electron chi connectivity index (χ4n) is 4.26. The molecule has 2 aliphatic carbocycles. The Bertz CT molecular complexity index is 897. The average Bonchev–Trinajstić information content (AvgIpc) is 3.19. The minimum Gasteiger partial charge on any atom is -0.351 e. The van der Waals surface area contributed by atoms with Crippen LogP contribution in [0.2, 0.25) is 0 Å². The van der Waals surface area contributed by atoms with E-state index < -0.39 is 0 Å². The summed E-state index contributed by atoms with van der Waals surface area (Å²) >= 11 is 0. The van der Waals surface area contributed by atoms with Crippen molar-refractivity contribution in [2.24, 2.45) is 7.05 Å². The second-order valence-electron chi connectivity index (χ2n) is 8.00. The molecule has 0 unspecified atom stereocenters. The maximum absolute atomic E-state index is 12.1. The zero-order chi connectivity index (χ0) is 19.5. The van der Waals surface area contributed by atoms with E-state index in [9.17, 15) is 9.59 Å². The van der Waals surface area contributed by atoms with Crippen molar-refractivity contribution in [3.63, 3.8) is 0 Å². The number of hydrogen-bond donors (Lipinski definition) is 3. The third kappa shape index (κ3) is 4.26. The highest BCUT2D eigenvalue weighted by atomic mass is 16.2. The smallest absolute Gasteiger partial charge is 0.315 e. The van der Waals surface area contributed by atoms with Crippen LogP contribution in [0, 0.1) is 0 Å². The van der Waals surface area contributed by atoms with Crippen molar-refractivity contribution in [3.8, 4) is 0 Å². The third-order valence-electron chi connectivity index (χ3n) is 5.94. The fraction of sp³-hybridized carbons (Fsp3) is 0.600. The average molecular weight is 384 g/mol. The van der Waals surface area contributed by atoms with E-state index in [1.54, 1.807) is 19.3 Å². The van der Waals surface area contributed by atoms with E-state index >= 15 is 0 Å². The van der Waals surface area contributed by atoms with Crippen molar-refractivity contribution in [2.75, 3.05) is 5.32 Å². The number of pyridine rings is 1. The number of nitrogens with zero attached hydrogens (tertiary/aromatic N) is 3. The molecule has 2 saturated carbocycles. The van der Waals surface area contributed by atoms with Gasteiger partial charge in [-0.2, -0.15) is 4.98 Å². The Balaban J connectivity index is 1.29. The molecular weight excluding hydrogens is 356 g/mol. The molecule has 4 rings (SSSR count). The van der Waals surface area contributed by atoms with Gasteiger partial charge in [-0.15, -0.1) is 0 Å². The number of nitrogens with one attached hydrogen (secondary N) is 3. The van der Waals surface area contributed by atoms with E-state index in [0.717, 1.165) is 43.9 Å². The number of anilines is 1. The Hall–Kier alpha value is -2.64. The Kier molecular flexibility index (Phi) is 5.45. The second kappa shape index (κ2) is 8.16. The summed E-state index contributed by atoms with van der Waals surface area (Å²) in [6.07, 6.45) is 10.1. The van der Waals surface area contributed by atoms with Gasteiger partial charge in [-0.05, 0) is 44.6 Å². The van der Waals surface area contributed by atoms with Crippen LogP contribution in [0.5, 0.6) is 0 Å². The van der Waals surface area contributed by atoms with E-state index in [0.29, 0.717) is 17.6 Å². The highest BCUT2D eigenvalue weighted by Crippen LogP contribution is 2.22. The SMILES string of the molecule is Cn1c(=O)ccc2cnc(N[C@H]3CC[C@H](NC(=O)NC4CCCC4)CC3)nc21. The summed E-state index contributed by atoms with van der Waals surface area (Å²) in [5.41, 5.74) is 0.545. The van der Waals surface area contributed by atoms with Gasteiger partial charge >= 0.3 is 6.03 Å². The molecule has 8 heteroatoms. The predicted molar refractivity (Wildman–Crippen MR) is 108 cm³/mol. The van der Waals surface area contributed by atoms with Gasteiger partial charge in [-0.1, -0.05) is 12.8 Å². The molecule has 2 aromatic rings. The zero-order valence-corrected chi connectivity index (χ0v) is 16.3. The number of carbonyl (C=O) groups is 1. The number of aromatic nitrogens is 3. The van der Waals surface area contributed by atoms with Crippen LogP contribution < -0.4 is 21.5 Å². The molecule has 0 aromatic carbocycles. The van der Waals surface area contributed by atoms with Crippen LogP contribution in [-0.2, 0) is 7.05 Å². The van der Waals surface area contributed by atoms with Gasteiger partial charge in [0.15, 0.2) is 0 Å². The first-order valence-corrected chi connectivity index (χ1v) is 10.2. The van der Waals surface area contributed by atoms with Crippen LogP contribution >= 0.6 is 0 Å². The van der Waals surface area contributed by atoms with Gasteiger partial charge in [0.1, 0.15) is 5.65 Å². The third-order valence-corrected chi connectivity index (χ3v) is 5.94. The molecule has 150 valence electrons. The maximum atomic E-state index is 12.1. The number of rotatable bonds is 4. The van der Waals surface area contributed by atoms with Crippen LogP contribution in [0.3, 0.4) is 0 Å². The molecule has 2 aromatic heterocycles. The van der Waals surface area contributed by atoms with Crippen molar-refractivity contribution < 1.29 is 4.79 Å². The molecule has 0 spiro atoms. The van der Waals surface area contributed by atoms with Crippen molar-refractivity contribution in [1.29, 1.82) is 0 Å². The highest BCUT2D eigenvalue weighted by molar-refractivity contribution is 5.75. The Morgan fingerprint density at radius 3 is 2.36 bits per heavy atom. The monoisotopic (exact) mass is 384 g/mol. The maximum Gasteiger partial charge on any atom is 0.315 e. The van der Waals surface area contributed by atoms with Gasteiger partial charge in [0.25, 0.3) is 5.56 Å². The second-order valence-corrected chi connectivity index (χ2v) is 8.00. The molecule has 0 radical (unpaired) electrons.